The minimum Gasteiger partial charge on any atom is -0.338 e. The van der Waals surface area contributed by atoms with Gasteiger partial charge in [0.25, 0.3) is 0 Å². The Morgan fingerprint density at radius 1 is 1.03 bits per heavy atom. The van der Waals surface area contributed by atoms with Crippen LogP contribution in [0.1, 0.15) is 36.8 Å². The molecule has 10 heteroatoms. The highest BCUT2D eigenvalue weighted by atomic mass is 35.5. The predicted octanol–water partition coefficient (Wildman–Crippen LogP) is 2.86. The Morgan fingerprint density at radius 2 is 1.75 bits per heavy atom. The van der Waals surface area contributed by atoms with E-state index in [1.807, 2.05) is 48.5 Å². The normalized spacial score (nSPS) is 11.8. The average molecular weight is 455 g/mol. The molecule has 0 saturated heterocycles. The number of halogens is 1. The quantitative estimate of drug-likeness (QED) is 0.301. The minimum atomic E-state index is -3.09. The fourth-order valence-electron chi connectivity index (χ4n) is 3.66. The number of tetrazole rings is 1. The van der Waals surface area contributed by atoms with E-state index in [2.05, 4.69) is 32.5 Å². The van der Waals surface area contributed by atoms with Crippen LogP contribution < -0.4 is 0 Å². The van der Waals surface area contributed by atoms with Crippen LogP contribution in [0.25, 0.3) is 22.5 Å². The highest BCUT2D eigenvalue weighted by molar-refractivity contribution is 6.30. The summed E-state index contributed by atoms with van der Waals surface area (Å²) in [4.78, 5) is 4.24. The number of hydrogen-bond acceptors (Lipinski definition) is 7. The first-order valence-electron chi connectivity index (χ1n) is 10.2. The van der Waals surface area contributed by atoms with Crippen LogP contribution in [0.2, 0.25) is 5.15 Å². The molecule has 0 radical (unpaired) electrons. The smallest absolute Gasteiger partial charge is 0.323 e. The molecule has 0 aliphatic heterocycles. The van der Waals surface area contributed by atoms with Crippen molar-refractivity contribution in [3.05, 3.63) is 70.8 Å². The van der Waals surface area contributed by atoms with Gasteiger partial charge in [-0.15, -0.1) is 10.2 Å². The van der Waals surface area contributed by atoms with Gasteiger partial charge in [0.2, 0.25) is 5.82 Å². The second-order valence-electron chi connectivity index (χ2n) is 7.47. The van der Waals surface area contributed by atoms with Gasteiger partial charge in [-0.2, -0.15) is 5.21 Å². The SMILES string of the molecule is CCCCc1nc(Cl)c(C(O)(O)O)n1Cc1ccc(-c2ccccc2-c2nn[nH]n2)cc1. The number of benzene rings is 2. The van der Waals surface area contributed by atoms with Crippen LogP contribution in [-0.2, 0) is 18.9 Å². The Balaban J connectivity index is 1.66. The summed E-state index contributed by atoms with van der Waals surface area (Å²) < 4.78 is 1.56. The molecule has 2 heterocycles. The van der Waals surface area contributed by atoms with E-state index >= 15 is 0 Å². The molecule has 0 bridgehead atoms. The lowest BCUT2D eigenvalue weighted by molar-refractivity contribution is -0.327. The van der Waals surface area contributed by atoms with E-state index in [1.165, 1.54) is 0 Å². The van der Waals surface area contributed by atoms with Crippen molar-refractivity contribution < 1.29 is 15.3 Å². The van der Waals surface area contributed by atoms with Crippen LogP contribution in [0.5, 0.6) is 0 Å². The lowest BCUT2D eigenvalue weighted by atomic mass is 9.98. The third-order valence-corrected chi connectivity index (χ3v) is 5.46. The maximum Gasteiger partial charge on any atom is 0.323 e. The van der Waals surface area contributed by atoms with Gasteiger partial charge >= 0.3 is 5.97 Å². The van der Waals surface area contributed by atoms with Crippen LogP contribution in [-0.4, -0.2) is 45.5 Å². The molecule has 4 aromatic rings. The van der Waals surface area contributed by atoms with Crippen molar-refractivity contribution in [2.45, 2.75) is 38.7 Å². The van der Waals surface area contributed by atoms with Crippen LogP contribution in [0.15, 0.2) is 48.5 Å². The van der Waals surface area contributed by atoms with Crippen molar-refractivity contribution in [1.82, 2.24) is 30.2 Å². The number of hydrogen-bond donors (Lipinski definition) is 4. The number of aliphatic hydroxyl groups is 3. The summed E-state index contributed by atoms with van der Waals surface area (Å²) in [7, 11) is 0. The number of nitrogens with zero attached hydrogens (tertiary/aromatic N) is 5. The summed E-state index contributed by atoms with van der Waals surface area (Å²) in [6, 6.07) is 15.5. The Kier molecular flexibility index (Phi) is 6.33. The Bertz CT molecular complexity index is 1180. The number of nitrogens with one attached hydrogen (secondary N) is 1. The van der Waals surface area contributed by atoms with Gasteiger partial charge in [0, 0.05) is 18.5 Å². The number of rotatable bonds is 8. The molecule has 0 saturated carbocycles. The Morgan fingerprint density at radius 3 is 2.38 bits per heavy atom. The predicted molar refractivity (Wildman–Crippen MR) is 118 cm³/mol. The standard InChI is InChI=1S/C22H23ClN6O3/c1-2-3-8-18-24-20(23)19(22(30,31)32)29(18)13-14-9-11-15(12-10-14)16-6-4-5-7-17(16)21-25-27-28-26-21/h4-7,9-12,30-32H,2-3,8,13H2,1H3,(H,25,26,27,28). The summed E-state index contributed by atoms with van der Waals surface area (Å²) in [5, 5.41) is 43.6. The molecule has 9 nitrogen and oxygen atoms in total. The number of aromatic nitrogens is 6. The van der Waals surface area contributed by atoms with Gasteiger partial charge in [-0.1, -0.05) is 73.5 Å². The number of aryl methyl sites for hydroxylation is 1. The maximum absolute atomic E-state index is 9.83. The van der Waals surface area contributed by atoms with Crippen LogP contribution in [0, 0.1) is 0 Å². The van der Waals surface area contributed by atoms with Gasteiger partial charge in [-0.3, -0.25) is 0 Å². The third kappa shape index (κ3) is 4.56. The van der Waals surface area contributed by atoms with Crippen molar-refractivity contribution >= 4 is 11.6 Å². The van der Waals surface area contributed by atoms with Crippen LogP contribution in [0.4, 0.5) is 0 Å². The van der Waals surface area contributed by atoms with Gasteiger partial charge in [0.15, 0.2) is 5.15 Å². The first-order chi connectivity index (χ1) is 15.4. The monoisotopic (exact) mass is 454 g/mol. The molecule has 166 valence electrons. The topological polar surface area (TPSA) is 133 Å². The third-order valence-electron chi connectivity index (χ3n) is 5.19. The summed E-state index contributed by atoms with van der Waals surface area (Å²) in [5.41, 5.74) is 3.41. The summed E-state index contributed by atoms with van der Waals surface area (Å²) in [6.07, 6.45) is 2.40. The zero-order chi connectivity index (χ0) is 22.7. The molecular formula is C22H23ClN6O3. The highest BCUT2D eigenvalue weighted by Crippen LogP contribution is 2.31. The van der Waals surface area contributed by atoms with E-state index in [-0.39, 0.29) is 17.4 Å². The zero-order valence-corrected chi connectivity index (χ0v) is 18.2. The Hall–Kier alpha value is -3.11. The number of H-pyrrole nitrogens is 1. The minimum absolute atomic E-state index is 0.130. The van der Waals surface area contributed by atoms with Crippen molar-refractivity contribution in [2.75, 3.05) is 0 Å². The molecule has 0 aliphatic rings. The lowest BCUT2D eigenvalue weighted by Crippen LogP contribution is -2.29. The van der Waals surface area contributed by atoms with E-state index in [0.29, 0.717) is 18.1 Å². The Labute approximate surface area is 189 Å². The molecule has 0 fully saturated rings. The molecule has 32 heavy (non-hydrogen) atoms. The van der Waals surface area contributed by atoms with E-state index in [0.717, 1.165) is 35.1 Å². The lowest BCUT2D eigenvalue weighted by Gasteiger charge is -2.19. The second-order valence-corrected chi connectivity index (χ2v) is 7.83. The zero-order valence-electron chi connectivity index (χ0n) is 17.4. The molecule has 4 rings (SSSR count). The number of imidazole rings is 1. The van der Waals surface area contributed by atoms with Crippen LogP contribution in [0.3, 0.4) is 0 Å². The van der Waals surface area contributed by atoms with Crippen molar-refractivity contribution in [3.8, 4) is 22.5 Å². The molecule has 0 atom stereocenters. The van der Waals surface area contributed by atoms with Crippen LogP contribution >= 0.6 is 11.6 Å². The van der Waals surface area contributed by atoms with Crippen molar-refractivity contribution in [1.29, 1.82) is 0 Å². The molecule has 0 unspecified atom stereocenters. The summed E-state index contributed by atoms with van der Waals surface area (Å²) >= 11 is 6.12. The summed E-state index contributed by atoms with van der Waals surface area (Å²) in [5.74, 6) is -1.99. The average Bonchev–Trinajstić information content (AvgIpc) is 3.41. The molecule has 2 aromatic carbocycles. The first-order valence-corrected chi connectivity index (χ1v) is 10.6. The highest BCUT2D eigenvalue weighted by Gasteiger charge is 2.32. The molecule has 0 amide bonds. The fraction of sp³-hybridized carbons (Fsp3) is 0.273. The molecular weight excluding hydrogens is 432 g/mol. The van der Waals surface area contributed by atoms with Gasteiger partial charge in [-0.25, -0.2) is 4.98 Å². The summed E-state index contributed by atoms with van der Waals surface area (Å²) in [6.45, 7) is 2.32. The fourth-order valence-corrected chi connectivity index (χ4v) is 3.99. The number of unbranched alkanes of at least 4 members (excludes halogenated alkanes) is 1. The molecule has 0 spiro atoms. The molecule has 4 N–H and O–H groups in total. The van der Waals surface area contributed by atoms with Gasteiger partial charge in [0.05, 0.1) is 0 Å². The van der Waals surface area contributed by atoms with Gasteiger partial charge in [-0.05, 0) is 28.3 Å². The van der Waals surface area contributed by atoms with E-state index in [1.54, 1.807) is 4.57 Å². The molecule has 0 aliphatic carbocycles. The van der Waals surface area contributed by atoms with Crippen molar-refractivity contribution in [3.63, 3.8) is 0 Å². The number of aromatic amines is 1. The van der Waals surface area contributed by atoms with E-state index in [4.69, 9.17) is 11.6 Å². The van der Waals surface area contributed by atoms with Gasteiger partial charge < -0.3 is 19.9 Å². The largest absolute Gasteiger partial charge is 0.338 e. The maximum atomic E-state index is 9.83. The van der Waals surface area contributed by atoms with Crippen molar-refractivity contribution in [2.24, 2.45) is 0 Å². The van der Waals surface area contributed by atoms with E-state index < -0.39 is 5.97 Å². The van der Waals surface area contributed by atoms with Gasteiger partial charge in [0.1, 0.15) is 11.5 Å². The molecule has 2 aromatic heterocycles. The first kappa shape index (κ1) is 22.1. The van der Waals surface area contributed by atoms with E-state index in [9.17, 15) is 15.3 Å². The second kappa shape index (κ2) is 9.17.